The van der Waals surface area contributed by atoms with Gasteiger partial charge in [-0.2, -0.15) is 0 Å². The van der Waals surface area contributed by atoms with Gasteiger partial charge in [0.15, 0.2) is 0 Å². The Labute approximate surface area is 164 Å². The summed E-state index contributed by atoms with van der Waals surface area (Å²) in [6.07, 6.45) is 2.43. The average Bonchev–Trinajstić information content (AvgIpc) is 2.44. The molecule has 0 saturated carbocycles. The van der Waals surface area contributed by atoms with Crippen LogP contribution in [-0.2, 0) is 17.9 Å². The molecular weight excluding hydrogens is 375 g/mol. The zero-order valence-electron chi connectivity index (χ0n) is 18.8. The number of hydrogen-bond acceptors (Lipinski definition) is 0. The van der Waals surface area contributed by atoms with Crippen LogP contribution in [-0.4, -0.2) is 13.3 Å². The van der Waals surface area contributed by atoms with Crippen LogP contribution in [0.4, 0.5) is 0 Å². The minimum atomic E-state index is -1.96. The summed E-state index contributed by atoms with van der Waals surface area (Å²) in [7, 11) is 2.21. The first-order chi connectivity index (χ1) is 11.6. The number of rotatable bonds is 2. The van der Waals surface area contributed by atoms with Crippen LogP contribution in [0, 0.1) is 6.92 Å². The van der Waals surface area contributed by atoms with Crippen LogP contribution >= 0.6 is 0 Å². The van der Waals surface area contributed by atoms with E-state index < -0.39 is 13.3 Å². The van der Waals surface area contributed by atoms with Gasteiger partial charge >= 0.3 is 164 Å². The summed E-state index contributed by atoms with van der Waals surface area (Å²) in [6, 6.07) is 9.43. The van der Waals surface area contributed by atoms with Gasteiger partial charge in [-0.1, -0.05) is 0 Å². The molecule has 0 radical (unpaired) electrons. The normalized spacial score (nSPS) is 13.2. The molecule has 2 heteroatoms. The maximum absolute atomic E-state index is 2.50. The molecule has 0 aliphatic rings. The Balaban J connectivity index is 2.80. The van der Waals surface area contributed by atoms with Gasteiger partial charge in [-0.05, 0) is 0 Å². The molecule has 0 spiro atoms. The molecule has 2 aromatic rings. The third-order valence-electron chi connectivity index (χ3n) is 5.27. The second-order valence-corrected chi connectivity index (χ2v) is 21.4. The van der Waals surface area contributed by atoms with Gasteiger partial charge < -0.3 is 0 Å². The molecule has 0 amide bonds. The Hall–Kier alpha value is -1.09. The van der Waals surface area contributed by atoms with Crippen LogP contribution in [0.3, 0.4) is 0 Å². The van der Waals surface area contributed by atoms with E-state index in [1.807, 2.05) is 0 Å². The van der Waals surface area contributed by atoms with Gasteiger partial charge in [0.05, 0.1) is 0 Å². The SMILES string of the molecule is Cc1ccc(C(C)(C)C)cc1-c1cc(C(C)(C)C)[c]([Ge]([CH3])([CH3])[CH3])c[n+]1C. The van der Waals surface area contributed by atoms with Crippen molar-refractivity contribution in [3.63, 3.8) is 0 Å². The van der Waals surface area contributed by atoms with E-state index in [1.54, 1.807) is 4.40 Å². The van der Waals surface area contributed by atoms with Crippen molar-refractivity contribution in [2.45, 2.75) is 76.6 Å². The molecule has 1 nitrogen and oxygen atoms in total. The van der Waals surface area contributed by atoms with E-state index in [-0.39, 0.29) is 10.8 Å². The van der Waals surface area contributed by atoms with Crippen molar-refractivity contribution in [2.24, 2.45) is 7.05 Å². The maximum atomic E-state index is 2.50. The second kappa shape index (κ2) is 6.82. The summed E-state index contributed by atoms with van der Waals surface area (Å²) in [5.41, 5.74) is 7.28. The molecule has 0 unspecified atom stereocenters. The van der Waals surface area contributed by atoms with Crippen LogP contribution < -0.4 is 8.96 Å². The zero-order chi connectivity index (χ0) is 20.1. The molecule has 1 heterocycles. The Kier molecular flexibility index (Phi) is 5.56. The summed E-state index contributed by atoms with van der Waals surface area (Å²) in [5, 5.41) is 0. The average molecular weight is 413 g/mol. The van der Waals surface area contributed by atoms with Gasteiger partial charge in [0.2, 0.25) is 0 Å². The van der Waals surface area contributed by atoms with Gasteiger partial charge in [0.1, 0.15) is 0 Å². The van der Waals surface area contributed by atoms with Crippen LogP contribution in [0.25, 0.3) is 11.3 Å². The van der Waals surface area contributed by atoms with Crippen molar-refractivity contribution in [1.29, 1.82) is 0 Å². The fourth-order valence-electron chi connectivity index (χ4n) is 3.50. The molecule has 0 atom stereocenters. The predicted octanol–water partition coefficient (Wildman–Crippen LogP) is 5.63. The number of aryl methyl sites for hydroxylation is 2. The summed E-state index contributed by atoms with van der Waals surface area (Å²) in [4.78, 5) is 0. The predicted molar refractivity (Wildman–Crippen MR) is 118 cm³/mol. The zero-order valence-corrected chi connectivity index (χ0v) is 20.9. The topological polar surface area (TPSA) is 3.88 Å². The molecule has 2 rings (SSSR count). The van der Waals surface area contributed by atoms with E-state index in [9.17, 15) is 0 Å². The quantitative estimate of drug-likeness (QED) is 0.444. The van der Waals surface area contributed by atoms with Crippen LogP contribution in [0.2, 0.25) is 17.3 Å². The van der Waals surface area contributed by atoms with Crippen molar-refractivity contribution < 1.29 is 4.57 Å². The van der Waals surface area contributed by atoms with Crippen LogP contribution in [0.1, 0.15) is 58.2 Å². The molecule has 142 valence electrons. The Morgan fingerprint density at radius 1 is 0.846 bits per heavy atom. The minimum absolute atomic E-state index is 0.159. The van der Waals surface area contributed by atoms with Crippen molar-refractivity contribution >= 4 is 17.7 Å². The van der Waals surface area contributed by atoms with E-state index in [2.05, 4.69) is 108 Å². The van der Waals surface area contributed by atoms with E-state index >= 15 is 0 Å². The first-order valence-corrected chi connectivity index (χ1v) is 17.1. The van der Waals surface area contributed by atoms with Gasteiger partial charge in [0, 0.05) is 0 Å². The van der Waals surface area contributed by atoms with E-state index in [0.29, 0.717) is 0 Å². The monoisotopic (exact) mass is 414 g/mol. The fraction of sp³-hybridized carbons (Fsp3) is 0.542. The van der Waals surface area contributed by atoms with Crippen molar-refractivity contribution in [1.82, 2.24) is 0 Å². The summed E-state index contributed by atoms with van der Waals surface area (Å²) < 4.78 is 3.98. The second-order valence-electron chi connectivity index (χ2n) is 10.9. The summed E-state index contributed by atoms with van der Waals surface area (Å²) in [6.45, 7) is 16.1. The Morgan fingerprint density at radius 2 is 1.42 bits per heavy atom. The molecule has 0 bridgehead atoms. The molecule has 0 aliphatic heterocycles. The molecule has 26 heavy (non-hydrogen) atoms. The van der Waals surface area contributed by atoms with E-state index in [4.69, 9.17) is 0 Å². The molecular formula is C24H38GeN+. The third kappa shape index (κ3) is 4.42. The number of benzene rings is 1. The van der Waals surface area contributed by atoms with Gasteiger partial charge in [0.25, 0.3) is 0 Å². The van der Waals surface area contributed by atoms with Gasteiger partial charge in [-0.25, -0.2) is 0 Å². The van der Waals surface area contributed by atoms with E-state index in [0.717, 1.165) is 0 Å². The van der Waals surface area contributed by atoms with Gasteiger partial charge in [-0.3, -0.25) is 0 Å². The van der Waals surface area contributed by atoms with Crippen molar-refractivity contribution in [2.75, 3.05) is 0 Å². The molecule has 0 N–H and O–H groups in total. The number of aromatic nitrogens is 1. The number of pyridine rings is 1. The number of hydrogen-bond donors (Lipinski definition) is 0. The molecule has 0 saturated heterocycles. The standard InChI is InChI=1S/C24H38GeN/c1-17-12-13-18(23(2,3)4)14-19(17)22-15-20(24(5,6)7)21(16-26(22)11)25(8,9)10/h12-16H,1-11H3/q+1. The van der Waals surface area contributed by atoms with Crippen LogP contribution in [0.5, 0.6) is 0 Å². The third-order valence-corrected chi connectivity index (χ3v) is 9.50. The van der Waals surface area contributed by atoms with Crippen molar-refractivity contribution in [3.8, 4) is 11.3 Å². The Bertz CT molecular complexity index is 812. The summed E-state index contributed by atoms with van der Waals surface area (Å²) in [5.74, 6) is 7.49. The first kappa shape index (κ1) is 21.2. The molecule has 1 aromatic carbocycles. The van der Waals surface area contributed by atoms with Crippen LogP contribution in [0.15, 0.2) is 30.5 Å². The van der Waals surface area contributed by atoms with Gasteiger partial charge in [-0.15, -0.1) is 0 Å². The molecule has 0 aliphatic carbocycles. The molecule has 0 fully saturated rings. The first-order valence-electron chi connectivity index (χ1n) is 9.78. The Morgan fingerprint density at radius 3 is 1.88 bits per heavy atom. The summed E-state index contributed by atoms with van der Waals surface area (Å²) >= 11 is -1.96. The van der Waals surface area contributed by atoms with E-state index in [1.165, 1.54) is 27.9 Å². The van der Waals surface area contributed by atoms with Crippen molar-refractivity contribution in [3.05, 3.63) is 47.2 Å². The molecule has 1 aromatic heterocycles. The fourth-order valence-corrected chi connectivity index (χ4v) is 7.35. The number of nitrogens with zero attached hydrogens (tertiary/aromatic N) is 1.